The normalized spacial score (nSPS) is 11.8. The Morgan fingerprint density at radius 1 is 1.12 bits per heavy atom. The molecule has 4 aromatic rings. The third-order valence-corrected chi connectivity index (χ3v) is 6.89. The summed E-state index contributed by atoms with van der Waals surface area (Å²) in [7, 11) is -3.65. The van der Waals surface area contributed by atoms with Crippen LogP contribution in [0.25, 0.3) is 22.3 Å². The van der Waals surface area contributed by atoms with Crippen LogP contribution in [0, 0.1) is 6.92 Å². The van der Waals surface area contributed by atoms with E-state index in [0.717, 1.165) is 39.3 Å². The number of H-pyrrole nitrogens is 1. The second-order valence-corrected chi connectivity index (χ2v) is 9.30. The van der Waals surface area contributed by atoms with Gasteiger partial charge in [0.1, 0.15) is 16.2 Å². The second kappa shape index (κ2) is 6.39. The van der Waals surface area contributed by atoms with Gasteiger partial charge in [-0.2, -0.15) is 0 Å². The van der Waals surface area contributed by atoms with E-state index in [1.807, 2.05) is 25.1 Å². The molecule has 0 saturated carbocycles. The van der Waals surface area contributed by atoms with Crippen molar-refractivity contribution in [2.24, 2.45) is 0 Å². The third kappa shape index (κ3) is 3.18. The molecular weight excluding hydrogens is 392 g/mol. The Hall–Kier alpha value is -2.42. The van der Waals surface area contributed by atoms with Crippen molar-refractivity contribution in [3.05, 3.63) is 58.8 Å². The molecule has 1 aromatic carbocycles. The average Bonchev–Trinajstić information content (AvgIpc) is 3.20. The Morgan fingerprint density at radius 3 is 2.58 bits per heavy atom. The number of hydrogen-bond acceptors (Lipinski definition) is 5. The molecule has 9 heteroatoms. The van der Waals surface area contributed by atoms with Gasteiger partial charge in [0.25, 0.3) is 10.0 Å². The van der Waals surface area contributed by atoms with Gasteiger partial charge in [0.2, 0.25) is 0 Å². The van der Waals surface area contributed by atoms with Crippen LogP contribution < -0.4 is 4.72 Å². The molecule has 26 heavy (non-hydrogen) atoms. The summed E-state index contributed by atoms with van der Waals surface area (Å²) in [5, 5.41) is 0.923. The van der Waals surface area contributed by atoms with Gasteiger partial charge in [-0.15, -0.1) is 11.3 Å². The zero-order chi connectivity index (χ0) is 18.3. The largest absolute Gasteiger partial charge is 0.343 e. The van der Waals surface area contributed by atoms with Crippen molar-refractivity contribution in [1.29, 1.82) is 0 Å². The van der Waals surface area contributed by atoms with Crippen LogP contribution in [-0.2, 0) is 10.0 Å². The summed E-state index contributed by atoms with van der Waals surface area (Å²) in [5.41, 5.74) is 3.90. The number of nitrogens with one attached hydrogen (secondary N) is 2. The topological polar surface area (TPSA) is 87.7 Å². The Kier molecular flexibility index (Phi) is 4.18. The number of hydrogen-bond donors (Lipinski definition) is 2. The fourth-order valence-electron chi connectivity index (χ4n) is 2.65. The Morgan fingerprint density at radius 2 is 1.88 bits per heavy atom. The van der Waals surface area contributed by atoms with Gasteiger partial charge in [-0.05, 0) is 37.3 Å². The van der Waals surface area contributed by atoms with Crippen LogP contribution in [0.2, 0.25) is 4.34 Å². The van der Waals surface area contributed by atoms with Gasteiger partial charge in [0.05, 0.1) is 10.0 Å². The molecule has 132 valence electrons. The number of aromatic amines is 1. The monoisotopic (exact) mass is 404 g/mol. The fourth-order valence-corrected chi connectivity index (χ4v) is 5.19. The van der Waals surface area contributed by atoms with Crippen LogP contribution in [0.1, 0.15) is 5.69 Å². The van der Waals surface area contributed by atoms with E-state index in [-0.39, 0.29) is 4.21 Å². The highest BCUT2D eigenvalue weighted by Gasteiger charge is 2.17. The maximum Gasteiger partial charge on any atom is 0.271 e. The first kappa shape index (κ1) is 17.0. The van der Waals surface area contributed by atoms with Crippen molar-refractivity contribution in [3.63, 3.8) is 0 Å². The lowest BCUT2D eigenvalue weighted by Gasteiger charge is -2.07. The zero-order valence-electron chi connectivity index (χ0n) is 13.5. The van der Waals surface area contributed by atoms with Gasteiger partial charge in [0.15, 0.2) is 0 Å². The SMILES string of the molecule is Cc1cc2c(-c3ccc(NS(=O)(=O)c4ccc(Cl)s4)cc3)ncnc2[nH]1. The lowest BCUT2D eigenvalue weighted by atomic mass is 10.1. The molecular formula is C17H13ClN4O2S2. The molecule has 0 radical (unpaired) electrons. The molecule has 0 amide bonds. The maximum absolute atomic E-state index is 12.4. The number of benzene rings is 1. The molecule has 3 aromatic heterocycles. The van der Waals surface area contributed by atoms with E-state index >= 15 is 0 Å². The smallest absolute Gasteiger partial charge is 0.271 e. The minimum Gasteiger partial charge on any atom is -0.343 e. The molecule has 6 nitrogen and oxygen atoms in total. The van der Waals surface area contributed by atoms with E-state index < -0.39 is 10.0 Å². The van der Waals surface area contributed by atoms with E-state index in [1.54, 1.807) is 18.2 Å². The van der Waals surface area contributed by atoms with Crippen molar-refractivity contribution in [2.75, 3.05) is 4.72 Å². The fraction of sp³-hybridized carbons (Fsp3) is 0.0588. The first-order chi connectivity index (χ1) is 12.4. The van der Waals surface area contributed by atoms with Crippen molar-refractivity contribution in [3.8, 4) is 11.3 Å². The highest BCUT2D eigenvalue weighted by Crippen LogP contribution is 2.29. The summed E-state index contributed by atoms with van der Waals surface area (Å²) in [5.74, 6) is 0. The predicted octanol–water partition coefficient (Wildman–Crippen LogP) is 4.45. The summed E-state index contributed by atoms with van der Waals surface area (Å²) in [4.78, 5) is 11.8. The van der Waals surface area contributed by atoms with Crippen LogP contribution in [0.5, 0.6) is 0 Å². The van der Waals surface area contributed by atoms with Crippen LogP contribution in [0.15, 0.2) is 53.0 Å². The van der Waals surface area contributed by atoms with Crippen molar-refractivity contribution in [2.45, 2.75) is 11.1 Å². The Bertz CT molecular complexity index is 1200. The molecule has 0 fully saturated rings. The Balaban J connectivity index is 1.64. The quantitative estimate of drug-likeness (QED) is 0.526. The van der Waals surface area contributed by atoms with Crippen LogP contribution in [-0.4, -0.2) is 23.4 Å². The highest BCUT2D eigenvalue weighted by molar-refractivity contribution is 7.94. The van der Waals surface area contributed by atoms with Gasteiger partial charge in [-0.3, -0.25) is 4.72 Å². The molecule has 0 spiro atoms. The van der Waals surface area contributed by atoms with Crippen LogP contribution >= 0.6 is 22.9 Å². The molecule has 3 heterocycles. The maximum atomic E-state index is 12.4. The zero-order valence-corrected chi connectivity index (χ0v) is 15.9. The van der Waals surface area contributed by atoms with Crippen molar-refractivity contribution >= 4 is 49.7 Å². The van der Waals surface area contributed by atoms with Gasteiger partial charge in [0, 0.05) is 22.3 Å². The number of anilines is 1. The third-order valence-electron chi connectivity index (χ3n) is 3.78. The molecule has 4 rings (SSSR count). The van der Waals surface area contributed by atoms with Crippen molar-refractivity contribution < 1.29 is 8.42 Å². The molecule has 0 aliphatic heterocycles. The summed E-state index contributed by atoms with van der Waals surface area (Å²) < 4.78 is 27.9. The number of aryl methyl sites for hydroxylation is 1. The number of sulfonamides is 1. The first-order valence-electron chi connectivity index (χ1n) is 7.61. The van der Waals surface area contributed by atoms with Gasteiger partial charge < -0.3 is 4.98 Å². The predicted molar refractivity (Wildman–Crippen MR) is 104 cm³/mol. The number of halogens is 1. The summed E-state index contributed by atoms with van der Waals surface area (Å²) in [6.07, 6.45) is 1.50. The lowest BCUT2D eigenvalue weighted by Crippen LogP contribution is -2.11. The van der Waals surface area contributed by atoms with Gasteiger partial charge >= 0.3 is 0 Å². The molecule has 2 N–H and O–H groups in total. The highest BCUT2D eigenvalue weighted by atomic mass is 35.5. The lowest BCUT2D eigenvalue weighted by molar-refractivity contribution is 0.603. The van der Waals surface area contributed by atoms with E-state index in [2.05, 4.69) is 19.7 Å². The minimum absolute atomic E-state index is 0.173. The van der Waals surface area contributed by atoms with Crippen LogP contribution in [0.4, 0.5) is 5.69 Å². The first-order valence-corrected chi connectivity index (χ1v) is 10.3. The number of thiophene rings is 1. The molecule has 0 atom stereocenters. The summed E-state index contributed by atoms with van der Waals surface area (Å²) in [6.45, 7) is 1.96. The number of fused-ring (bicyclic) bond motifs is 1. The van der Waals surface area contributed by atoms with E-state index in [4.69, 9.17) is 11.6 Å². The minimum atomic E-state index is -3.65. The molecule has 0 aliphatic carbocycles. The van der Waals surface area contributed by atoms with E-state index in [0.29, 0.717) is 10.0 Å². The standard InChI is InChI=1S/C17H13ClN4O2S2/c1-10-8-13-16(19-9-20-17(13)21-10)11-2-4-12(5-3-11)22-26(23,24)15-7-6-14(18)25-15/h2-9,22H,1H3,(H,19,20,21). The second-order valence-electron chi connectivity index (χ2n) is 5.68. The summed E-state index contributed by atoms with van der Waals surface area (Å²) >= 11 is 6.83. The number of nitrogens with zero attached hydrogens (tertiary/aromatic N) is 2. The molecule has 0 saturated heterocycles. The van der Waals surface area contributed by atoms with Gasteiger partial charge in [-0.1, -0.05) is 23.7 Å². The van der Waals surface area contributed by atoms with Gasteiger partial charge in [-0.25, -0.2) is 18.4 Å². The van der Waals surface area contributed by atoms with Crippen LogP contribution in [0.3, 0.4) is 0 Å². The van der Waals surface area contributed by atoms with Crippen molar-refractivity contribution in [1.82, 2.24) is 15.0 Å². The molecule has 0 aliphatic rings. The molecule has 0 unspecified atom stereocenters. The number of rotatable bonds is 4. The molecule has 0 bridgehead atoms. The number of aromatic nitrogens is 3. The summed E-state index contributed by atoms with van der Waals surface area (Å²) in [6, 6.07) is 12.1. The van der Waals surface area contributed by atoms with E-state index in [1.165, 1.54) is 12.4 Å². The Labute approximate surface area is 158 Å². The average molecular weight is 405 g/mol. The van der Waals surface area contributed by atoms with E-state index in [9.17, 15) is 8.42 Å².